The minimum atomic E-state index is -3.13. The van der Waals surface area contributed by atoms with E-state index in [-0.39, 0.29) is 29.7 Å². The third-order valence-corrected chi connectivity index (χ3v) is 6.98. The smallest absolute Gasteiger partial charge is 0.191 e. The zero-order valence-corrected chi connectivity index (χ0v) is 20.4. The van der Waals surface area contributed by atoms with Gasteiger partial charge in [-0.25, -0.2) is 8.42 Å². The average Bonchev–Trinajstić information content (AvgIpc) is 2.59. The van der Waals surface area contributed by atoms with E-state index in [1.165, 1.54) is 5.56 Å². The Balaban J connectivity index is 0.00000676. The van der Waals surface area contributed by atoms with E-state index in [0.29, 0.717) is 18.4 Å². The molecule has 8 heteroatoms. The maximum Gasteiger partial charge on any atom is 0.191 e. The Kier molecular flexibility index (Phi) is 11.3. The largest absolute Gasteiger partial charge is 0.497 e. The second-order valence-corrected chi connectivity index (χ2v) is 10.2. The van der Waals surface area contributed by atoms with E-state index in [4.69, 9.17) is 4.74 Å². The standard InChI is InChI=1S/C19H33N3O3S.HI/c1-15(16-7-9-17(25-6)10-8-16)11-12-21-18(20-5)22-13-14-26(23,24)19(2,3)4;/h7-10,15H,11-14H2,1-6H3,(H2,20,21,22);1H. The van der Waals surface area contributed by atoms with Gasteiger partial charge in [0.2, 0.25) is 0 Å². The van der Waals surface area contributed by atoms with Gasteiger partial charge in [0, 0.05) is 20.1 Å². The Morgan fingerprint density at radius 3 is 2.19 bits per heavy atom. The van der Waals surface area contributed by atoms with E-state index < -0.39 is 14.6 Å². The molecule has 0 aromatic heterocycles. The molecule has 1 unspecified atom stereocenters. The van der Waals surface area contributed by atoms with Gasteiger partial charge < -0.3 is 15.4 Å². The molecule has 156 valence electrons. The van der Waals surface area contributed by atoms with Crippen LogP contribution in [0.1, 0.15) is 45.6 Å². The lowest BCUT2D eigenvalue weighted by Crippen LogP contribution is -2.42. The molecule has 0 radical (unpaired) electrons. The van der Waals surface area contributed by atoms with E-state index in [9.17, 15) is 8.42 Å². The molecule has 0 aliphatic rings. The normalized spacial score (nSPS) is 13.5. The van der Waals surface area contributed by atoms with E-state index in [1.54, 1.807) is 34.9 Å². The summed E-state index contributed by atoms with van der Waals surface area (Å²) in [7, 11) is 0.209. The average molecular weight is 511 g/mol. The van der Waals surface area contributed by atoms with Gasteiger partial charge >= 0.3 is 0 Å². The van der Waals surface area contributed by atoms with Crippen LogP contribution in [-0.4, -0.2) is 52.1 Å². The van der Waals surface area contributed by atoms with Gasteiger partial charge in [-0.3, -0.25) is 4.99 Å². The van der Waals surface area contributed by atoms with Crippen LogP contribution in [0.3, 0.4) is 0 Å². The Bertz CT molecular complexity index is 683. The lowest BCUT2D eigenvalue weighted by atomic mass is 9.98. The molecule has 1 aromatic rings. The number of sulfone groups is 1. The van der Waals surface area contributed by atoms with Crippen LogP contribution in [0, 0.1) is 0 Å². The van der Waals surface area contributed by atoms with Crippen molar-refractivity contribution in [2.45, 2.75) is 44.8 Å². The Hall–Kier alpha value is -1.03. The predicted octanol–water partition coefficient (Wildman–Crippen LogP) is 3.19. The van der Waals surface area contributed by atoms with Crippen LogP contribution in [0.2, 0.25) is 0 Å². The van der Waals surface area contributed by atoms with Crippen molar-refractivity contribution in [2.24, 2.45) is 4.99 Å². The molecule has 27 heavy (non-hydrogen) atoms. The van der Waals surface area contributed by atoms with Crippen LogP contribution >= 0.6 is 24.0 Å². The molecule has 1 atom stereocenters. The van der Waals surface area contributed by atoms with Crippen molar-refractivity contribution in [1.29, 1.82) is 0 Å². The second-order valence-electron chi connectivity index (χ2n) is 7.32. The third-order valence-electron chi connectivity index (χ3n) is 4.37. The summed E-state index contributed by atoms with van der Waals surface area (Å²) in [6.07, 6.45) is 0.938. The molecule has 2 N–H and O–H groups in total. The van der Waals surface area contributed by atoms with Gasteiger partial charge in [0.1, 0.15) is 5.75 Å². The molecule has 0 aliphatic heterocycles. The molecule has 0 aliphatic carbocycles. The van der Waals surface area contributed by atoms with Crippen LogP contribution < -0.4 is 15.4 Å². The van der Waals surface area contributed by atoms with Crippen molar-refractivity contribution in [3.05, 3.63) is 29.8 Å². The summed E-state index contributed by atoms with van der Waals surface area (Å²) in [6, 6.07) is 8.09. The molecule has 0 fully saturated rings. The number of nitrogens with zero attached hydrogens (tertiary/aromatic N) is 1. The van der Waals surface area contributed by atoms with E-state index >= 15 is 0 Å². The number of nitrogens with one attached hydrogen (secondary N) is 2. The molecule has 1 aromatic carbocycles. The Labute approximate surface area is 181 Å². The first kappa shape index (κ1) is 26.0. The molecular weight excluding hydrogens is 477 g/mol. The highest BCUT2D eigenvalue weighted by atomic mass is 127. The first-order valence-corrected chi connectivity index (χ1v) is 10.6. The summed E-state index contributed by atoms with van der Waals surface area (Å²) in [6.45, 7) is 8.42. The lowest BCUT2D eigenvalue weighted by Gasteiger charge is -2.20. The molecule has 0 spiro atoms. The van der Waals surface area contributed by atoms with Crippen molar-refractivity contribution in [3.63, 3.8) is 0 Å². The van der Waals surface area contributed by atoms with Crippen molar-refractivity contribution in [3.8, 4) is 5.75 Å². The number of benzene rings is 1. The van der Waals surface area contributed by atoms with Crippen LogP contribution in [0.15, 0.2) is 29.3 Å². The zero-order chi connectivity index (χ0) is 19.8. The van der Waals surface area contributed by atoms with E-state index in [1.807, 2.05) is 12.1 Å². The van der Waals surface area contributed by atoms with Crippen LogP contribution in [0.4, 0.5) is 0 Å². The fourth-order valence-corrected chi connectivity index (χ4v) is 3.32. The fourth-order valence-electron chi connectivity index (χ4n) is 2.34. The van der Waals surface area contributed by atoms with Crippen molar-refractivity contribution < 1.29 is 13.2 Å². The topological polar surface area (TPSA) is 79.8 Å². The number of hydrogen-bond acceptors (Lipinski definition) is 4. The number of methoxy groups -OCH3 is 1. The van der Waals surface area contributed by atoms with Crippen molar-refractivity contribution >= 4 is 39.8 Å². The quantitative estimate of drug-likeness (QED) is 0.319. The number of ether oxygens (including phenoxy) is 1. The zero-order valence-electron chi connectivity index (χ0n) is 17.2. The van der Waals surface area contributed by atoms with Gasteiger partial charge in [0.05, 0.1) is 17.6 Å². The molecule has 0 heterocycles. The first-order valence-electron chi connectivity index (χ1n) is 8.91. The van der Waals surface area contributed by atoms with Crippen molar-refractivity contribution in [1.82, 2.24) is 10.6 Å². The summed E-state index contributed by atoms with van der Waals surface area (Å²) in [4.78, 5) is 4.15. The Morgan fingerprint density at radius 1 is 1.15 bits per heavy atom. The molecule has 1 rings (SSSR count). The van der Waals surface area contributed by atoms with Gasteiger partial charge in [0.25, 0.3) is 0 Å². The van der Waals surface area contributed by atoms with E-state index in [0.717, 1.165) is 18.7 Å². The van der Waals surface area contributed by atoms with Gasteiger partial charge in [-0.2, -0.15) is 0 Å². The van der Waals surface area contributed by atoms with Crippen LogP contribution in [0.25, 0.3) is 0 Å². The van der Waals surface area contributed by atoms with Gasteiger partial charge in [-0.05, 0) is 50.8 Å². The van der Waals surface area contributed by atoms with Gasteiger partial charge in [-0.15, -0.1) is 24.0 Å². The monoisotopic (exact) mass is 511 g/mol. The highest BCUT2D eigenvalue weighted by Crippen LogP contribution is 2.21. The molecular formula is C19H34IN3O3S. The van der Waals surface area contributed by atoms with E-state index in [2.05, 4.69) is 34.7 Å². The summed E-state index contributed by atoms with van der Waals surface area (Å²) in [5.74, 6) is 1.96. The summed E-state index contributed by atoms with van der Waals surface area (Å²) in [5.41, 5.74) is 1.26. The minimum Gasteiger partial charge on any atom is -0.497 e. The number of aliphatic imine (C=N–C) groups is 1. The van der Waals surface area contributed by atoms with Gasteiger partial charge in [-0.1, -0.05) is 19.1 Å². The Morgan fingerprint density at radius 2 is 1.70 bits per heavy atom. The molecule has 0 saturated heterocycles. The summed E-state index contributed by atoms with van der Waals surface area (Å²) in [5, 5.41) is 6.31. The SMILES string of the molecule is CN=C(NCCC(C)c1ccc(OC)cc1)NCCS(=O)(=O)C(C)(C)C.I. The number of halogens is 1. The highest BCUT2D eigenvalue weighted by Gasteiger charge is 2.28. The molecule has 0 bridgehead atoms. The maximum atomic E-state index is 12.1. The predicted molar refractivity (Wildman–Crippen MR) is 124 cm³/mol. The lowest BCUT2D eigenvalue weighted by molar-refractivity contribution is 0.414. The molecule has 0 amide bonds. The van der Waals surface area contributed by atoms with Crippen molar-refractivity contribution in [2.75, 3.05) is 33.0 Å². The molecule has 6 nitrogen and oxygen atoms in total. The second kappa shape index (κ2) is 11.7. The van der Waals surface area contributed by atoms with Crippen LogP contribution in [-0.2, 0) is 9.84 Å². The number of guanidine groups is 1. The minimum absolute atomic E-state index is 0. The fraction of sp³-hybridized carbons (Fsp3) is 0.632. The first-order chi connectivity index (χ1) is 12.1. The maximum absolute atomic E-state index is 12.1. The third kappa shape index (κ3) is 8.68. The highest BCUT2D eigenvalue weighted by molar-refractivity contribution is 14.0. The summed E-state index contributed by atoms with van der Waals surface area (Å²) >= 11 is 0. The summed E-state index contributed by atoms with van der Waals surface area (Å²) < 4.78 is 28.7. The van der Waals surface area contributed by atoms with Crippen LogP contribution in [0.5, 0.6) is 5.75 Å². The van der Waals surface area contributed by atoms with Gasteiger partial charge in [0.15, 0.2) is 15.8 Å². The number of hydrogen-bond donors (Lipinski definition) is 2. The number of rotatable bonds is 8. The molecule has 0 saturated carbocycles.